The molecule has 1 amide bonds. The lowest BCUT2D eigenvalue weighted by molar-refractivity contribution is 0.139. The number of hydrogen-bond donors (Lipinski definition) is 2. The normalized spacial score (nSPS) is 10.2. The molecule has 0 saturated heterocycles. The van der Waals surface area contributed by atoms with Gasteiger partial charge in [0, 0.05) is 13.2 Å². The summed E-state index contributed by atoms with van der Waals surface area (Å²) in [6.45, 7) is 1.22. The predicted molar refractivity (Wildman–Crippen MR) is 74.8 cm³/mol. The van der Waals surface area contributed by atoms with Gasteiger partial charge in [-0.1, -0.05) is 49.6 Å². The maximum atomic E-state index is 11.4. The van der Waals surface area contributed by atoms with Gasteiger partial charge in [-0.05, 0) is 18.4 Å². The molecule has 0 bridgehead atoms. The third-order valence-electron chi connectivity index (χ3n) is 2.82. The molecule has 0 aliphatic rings. The summed E-state index contributed by atoms with van der Waals surface area (Å²) in [5, 5.41) is 11.4. The molecule has 106 valence electrons. The topological polar surface area (TPSA) is 58.6 Å². The minimum absolute atomic E-state index is 0.268. The van der Waals surface area contributed by atoms with Crippen molar-refractivity contribution >= 4 is 6.09 Å². The lowest BCUT2D eigenvalue weighted by Gasteiger charge is -2.07. The number of alkyl carbamates (subject to hydrolysis) is 1. The largest absolute Gasteiger partial charge is 0.445 e. The molecule has 1 aromatic rings. The molecule has 0 fully saturated rings. The van der Waals surface area contributed by atoms with E-state index in [1.807, 2.05) is 30.3 Å². The SMILES string of the molecule is O=C(NCCCCCCCO)OCc1ccccc1. The van der Waals surface area contributed by atoms with Gasteiger partial charge >= 0.3 is 6.09 Å². The molecule has 0 saturated carbocycles. The Balaban J connectivity index is 1.96. The average molecular weight is 265 g/mol. The molecular weight excluding hydrogens is 242 g/mol. The Hall–Kier alpha value is -1.55. The van der Waals surface area contributed by atoms with Crippen molar-refractivity contribution in [3.8, 4) is 0 Å². The van der Waals surface area contributed by atoms with Crippen molar-refractivity contribution < 1.29 is 14.6 Å². The number of aliphatic hydroxyl groups excluding tert-OH is 1. The number of unbranched alkanes of at least 4 members (excludes halogenated alkanes) is 4. The predicted octanol–water partition coefficient (Wildman–Crippen LogP) is 2.86. The second kappa shape index (κ2) is 10.4. The molecule has 1 aromatic carbocycles. The summed E-state index contributed by atoms with van der Waals surface area (Å²) in [5.41, 5.74) is 0.988. The third-order valence-corrected chi connectivity index (χ3v) is 2.82. The zero-order chi connectivity index (χ0) is 13.8. The monoisotopic (exact) mass is 265 g/mol. The van der Waals surface area contributed by atoms with Crippen molar-refractivity contribution in [3.05, 3.63) is 35.9 Å². The fourth-order valence-electron chi connectivity index (χ4n) is 1.73. The van der Waals surface area contributed by atoms with Gasteiger partial charge in [0.2, 0.25) is 0 Å². The molecule has 0 unspecified atom stereocenters. The number of nitrogens with one attached hydrogen (secondary N) is 1. The maximum absolute atomic E-state index is 11.4. The number of carbonyl (C=O) groups is 1. The van der Waals surface area contributed by atoms with Gasteiger partial charge in [-0.3, -0.25) is 0 Å². The Morgan fingerprint density at radius 1 is 1.05 bits per heavy atom. The molecule has 0 aliphatic heterocycles. The maximum Gasteiger partial charge on any atom is 0.407 e. The molecule has 0 aliphatic carbocycles. The molecule has 4 nitrogen and oxygen atoms in total. The molecule has 19 heavy (non-hydrogen) atoms. The van der Waals surface area contributed by atoms with Gasteiger partial charge in [-0.25, -0.2) is 4.79 Å². The van der Waals surface area contributed by atoms with E-state index >= 15 is 0 Å². The van der Waals surface area contributed by atoms with E-state index in [0.717, 1.165) is 37.7 Å². The van der Waals surface area contributed by atoms with E-state index in [1.165, 1.54) is 0 Å². The highest BCUT2D eigenvalue weighted by Crippen LogP contribution is 2.02. The van der Waals surface area contributed by atoms with E-state index < -0.39 is 0 Å². The van der Waals surface area contributed by atoms with Crippen molar-refractivity contribution in [1.29, 1.82) is 0 Å². The van der Waals surface area contributed by atoms with Crippen LogP contribution in [0.1, 0.15) is 37.7 Å². The first-order valence-electron chi connectivity index (χ1n) is 6.88. The summed E-state index contributed by atoms with van der Waals surface area (Å²) >= 11 is 0. The zero-order valence-electron chi connectivity index (χ0n) is 11.3. The van der Waals surface area contributed by atoms with Gasteiger partial charge in [0.05, 0.1) is 0 Å². The summed E-state index contributed by atoms with van der Waals surface area (Å²) in [5.74, 6) is 0. The number of aliphatic hydroxyl groups is 1. The van der Waals surface area contributed by atoms with Crippen LogP contribution in [-0.2, 0) is 11.3 Å². The van der Waals surface area contributed by atoms with Crippen LogP contribution in [0.4, 0.5) is 4.79 Å². The Morgan fingerprint density at radius 3 is 2.47 bits per heavy atom. The number of amides is 1. The summed E-state index contributed by atoms with van der Waals surface area (Å²) in [7, 11) is 0. The zero-order valence-corrected chi connectivity index (χ0v) is 11.3. The fourth-order valence-corrected chi connectivity index (χ4v) is 1.73. The van der Waals surface area contributed by atoms with Crippen molar-refractivity contribution in [1.82, 2.24) is 5.32 Å². The van der Waals surface area contributed by atoms with Crippen LogP contribution in [0.5, 0.6) is 0 Å². The van der Waals surface area contributed by atoms with Crippen LogP contribution >= 0.6 is 0 Å². The molecule has 0 radical (unpaired) electrons. The molecular formula is C15H23NO3. The summed E-state index contributed by atoms with van der Waals surface area (Å²) in [6.07, 6.45) is 4.67. The molecule has 4 heteroatoms. The van der Waals surface area contributed by atoms with Crippen LogP contribution in [-0.4, -0.2) is 24.4 Å². The highest BCUT2D eigenvalue weighted by molar-refractivity contribution is 5.67. The van der Waals surface area contributed by atoms with Crippen molar-refractivity contribution in [2.24, 2.45) is 0 Å². The third kappa shape index (κ3) is 8.21. The smallest absolute Gasteiger partial charge is 0.407 e. The van der Waals surface area contributed by atoms with Crippen LogP contribution in [0, 0.1) is 0 Å². The van der Waals surface area contributed by atoms with E-state index in [9.17, 15) is 4.79 Å². The molecule has 1 rings (SSSR count). The molecule has 0 atom stereocenters. The number of benzene rings is 1. The molecule has 0 aromatic heterocycles. The Labute approximate surface area is 114 Å². The average Bonchev–Trinajstić information content (AvgIpc) is 2.45. The van der Waals surface area contributed by atoms with E-state index in [1.54, 1.807) is 0 Å². The molecule has 2 N–H and O–H groups in total. The van der Waals surface area contributed by atoms with Crippen molar-refractivity contribution in [2.45, 2.75) is 38.7 Å². The lowest BCUT2D eigenvalue weighted by atomic mass is 10.1. The first kappa shape index (κ1) is 15.5. The highest BCUT2D eigenvalue weighted by Gasteiger charge is 2.01. The van der Waals surface area contributed by atoms with E-state index in [4.69, 9.17) is 9.84 Å². The van der Waals surface area contributed by atoms with Crippen LogP contribution in [0.2, 0.25) is 0 Å². The highest BCUT2D eigenvalue weighted by atomic mass is 16.5. The van der Waals surface area contributed by atoms with Gasteiger partial charge in [-0.2, -0.15) is 0 Å². The van der Waals surface area contributed by atoms with Crippen molar-refractivity contribution in [3.63, 3.8) is 0 Å². The second-order valence-corrected chi connectivity index (χ2v) is 4.48. The second-order valence-electron chi connectivity index (χ2n) is 4.48. The lowest BCUT2D eigenvalue weighted by Crippen LogP contribution is -2.25. The van der Waals surface area contributed by atoms with Gasteiger partial charge in [-0.15, -0.1) is 0 Å². The Morgan fingerprint density at radius 2 is 1.74 bits per heavy atom. The quantitative estimate of drug-likeness (QED) is 0.675. The first-order valence-corrected chi connectivity index (χ1v) is 6.88. The van der Waals surface area contributed by atoms with Crippen molar-refractivity contribution in [2.75, 3.05) is 13.2 Å². The molecule has 0 heterocycles. The summed E-state index contributed by atoms with van der Waals surface area (Å²) < 4.78 is 5.09. The van der Waals surface area contributed by atoms with Crippen LogP contribution in [0.3, 0.4) is 0 Å². The number of carbonyl (C=O) groups excluding carboxylic acids is 1. The molecule has 0 spiro atoms. The summed E-state index contributed by atoms with van der Waals surface area (Å²) in [4.78, 5) is 11.4. The van der Waals surface area contributed by atoms with Gasteiger partial charge in [0.25, 0.3) is 0 Å². The van der Waals surface area contributed by atoms with E-state index in [0.29, 0.717) is 13.2 Å². The van der Waals surface area contributed by atoms with E-state index in [-0.39, 0.29) is 12.7 Å². The van der Waals surface area contributed by atoms with Crippen LogP contribution < -0.4 is 5.32 Å². The van der Waals surface area contributed by atoms with Gasteiger partial charge in [0.1, 0.15) is 6.61 Å². The Kier molecular flexibility index (Phi) is 8.47. The van der Waals surface area contributed by atoms with Gasteiger partial charge in [0.15, 0.2) is 0 Å². The minimum Gasteiger partial charge on any atom is -0.445 e. The van der Waals surface area contributed by atoms with Gasteiger partial charge < -0.3 is 15.2 Å². The summed E-state index contributed by atoms with van der Waals surface area (Å²) in [6, 6.07) is 9.62. The fraction of sp³-hybridized carbons (Fsp3) is 0.533. The Bertz CT molecular complexity index is 341. The minimum atomic E-state index is -0.362. The van der Waals surface area contributed by atoms with Crippen LogP contribution in [0.25, 0.3) is 0 Å². The van der Waals surface area contributed by atoms with Crippen LogP contribution in [0.15, 0.2) is 30.3 Å². The van der Waals surface area contributed by atoms with E-state index in [2.05, 4.69) is 5.32 Å². The number of ether oxygens (including phenoxy) is 1. The number of hydrogen-bond acceptors (Lipinski definition) is 3. The number of rotatable bonds is 9. The first-order chi connectivity index (χ1) is 9.33. The standard InChI is InChI=1S/C15H23NO3/c17-12-8-3-1-2-7-11-16-15(18)19-13-14-9-5-4-6-10-14/h4-6,9-10,17H,1-3,7-8,11-13H2,(H,16,18).